The lowest BCUT2D eigenvalue weighted by Crippen LogP contribution is -2.31. The molecule has 2 aromatic rings. The molecule has 0 saturated heterocycles. The van der Waals surface area contributed by atoms with E-state index in [2.05, 4.69) is 10.0 Å². The van der Waals surface area contributed by atoms with Gasteiger partial charge in [-0.3, -0.25) is 4.79 Å². The van der Waals surface area contributed by atoms with E-state index in [1.807, 2.05) is 6.92 Å². The van der Waals surface area contributed by atoms with Gasteiger partial charge in [0.1, 0.15) is 5.76 Å². The minimum Gasteiger partial charge on any atom is -0.465 e. The molecular weight excluding hydrogens is 328 g/mol. The molecule has 0 aliphatic rings. The third-order valence-electron chi connectivity index (χ3n) is 3.34. The Balaban J connectivity index is 2.00. The molecule has 0 aliphatic carbocycles. The van der Waals surface area contributed by atoms with Gasteiger partial charge in [0.2, 0.25) is 15.9 Å². The highest BCUT2D eigenvalue weighted by Gasteiger charge is 2.16. The first-order valence-electron chi connectivity index (χ1n) is 7.55. The molecule has 0 saturated carbocycles. The van der Waals surface area contributed by atoms with Crippen molar-refractivity contribution in [2.45, 2.75) is 31.2 Å². The normalized spacial score (nSPS) is 13.1. The molecule has 1 heterocycles. The van der Waals surface area contributed by atoms with Crippen LogP contribution >= 0.6 is 0 Å². The van der Waals surface area contributed by atoms with E-state index in [1.54, 1.807) is 37.3 Å². The Bertz CT molecular complexity index is 794. The molecule has 1 aromatic heterocycles. The second-order valence-electron chi connectivity index (χ2n) is 5.29. The van der Waals surface area contributed by atoms with Gasteiger partial charge in [-0.15, -0.1) is 0 Å². The van der Waals surface area contributed by atoms with Gasteiger partial charge in [0.15, 0.2) is 0 Å². The summed E-state index contributed by atoms with van der Waals surface area (Å²) in [7, 11) is -3.55. The number of hydrogen-bond acceptors (Lipinski definition) is 4. The molecule has 7 heteroatoms. The van der Waals surface area contributed by atoms with Crippen LogP contribution in [0, 0.1) is 0 Å². The van der Waals surface area contributed by atoms with Crippen LogP contribution < -0.4 is 10.0 Å². The number of hydrogen-bond donors (Lipinski definition) is 2. The topological polar surface area (TPSA) is 88.4 Å². The Morgan fingerprint density at radius 3 is 2.54 bits per heavy atom. The monoisotopic (exact) mass is 348 g/mol. The van der Waals surface area contributed by atoms with E-state index < -0.39 is 10.0 Å². The first-order chi connectivity index (χ1) is 11.4. The number of benzene rings is 1. The number of anilines is 1. The predicted molar refractivity (Wildman–Crippen MR) is 92.9 cm³/mol. The van der Waals surface area contributed by atoms with Gasteiger partial charge in [0.05, 0.1) is 11.2 Å². The highest BCUT2D eigenvalue weighted by molar-refractivity contribution is 7.89. The fourth-order valence-electron chi connectivity index (χ4n) is 1.86. The Labute approximate surface area is 141 Å². The van der Waals surface area contributed by atoms with Crippen molar-refractivity contribution in [3.8, 4) is 0 Å². The summed E-state index contributed by atoms with van der Waals surface area (Å²) in [6.45, 7) is 3.71. The van der Waals surface area contributed by atoms with E-state index in [9.17, 15) is 13.2 Å². The van der Waals surface area contributed by atoms with Crippen LogP contribution in [-0.2, 0) is 14.8 Å². The van der Waals surface area contributed by atoms with Crippen LogP contribution in [0.15, 0.2) is 58.1 Å². The summed E-state index contributed by atoms with van der Waals surface area (Å²) in [5.74, 6) is 0.238. The number of nitrogens with one attached hydrogen (secondary N) is 2. The summed E-state index contributed by atoms with van der Waals surface area (Å²) in [5, 5.41) is 2.65. The molecule has 1 amide bonds. The summed E-state index contributed by atoms with van der Waals surface area (Å²) in [5.41, 5.74) is 0.506. The average molecular weight is 348 g/mol. The first-order valence-corrected chi connectivity index (χ1v) is 9.04. The molecule has 6 nitrogen and oxygen atoms in total. The predicted octanol–water partition coefficient (Wildman–Crippen LogP) is 3.01. The maximum absolute atomic E-state index is 12.1. The minimum absolute atomic E-state index is 0.138. The van der Waals surface area contributed by atoms with Crippen LogP contribution in [0.25, 0.3) is 6.08 Å². The minimum atomic E-state index is -3.55. The van der Waals surface area contributed by atoms with E-state index in [0.717, 1.165) is 0 Å². The van der Waals surface area contributed by atoms with Gasteiger partial charge < -0.3 is 9.73 Å². The van der Waals surface area contributed by atoms with Crippen molar-refractivity contribution in [1.82, 2.24) is 4.72 Å². The third kappa shape index (κ3) is 5.07. The fraction of sp³-hybridized carbons (Fsp3) is 0.235. The zero-order valence-electron chi connectivity index (χ0n) is 13.5. The van der Waals surface area contributed by atoms with Gasteiger partial charge in [-0.2, -0.15) is 0 Å². The summed E-state index contributed by atoms with van der Waals surface area (Å²) in [6.07, 6.45) is 5.11. The second-order valence-corrected chi connectivity index (χ2v) is 7.01. The van der Waals surface area contributed by atoms with Crippen LogP contribution in [0.5, 0.6) is 0 Å². The molecular formula is C17H20N2O4S. The van der Waals surface area contributed by atoms with Crippen molar-refractivity contribution in [1.29, 1.82) is 0 Å². The lowest BCUT2D eigenvalue weighted by atomic mass is 10.3. The fourth-order valence-corrected chi connectivity index (χ4v) is 3.19. The Hall–Kier alpha value is -2.38. The number of furan rings is 1. The smallest absolute Gasteiger partial charge is 0.248 e. The molecule has 1 aromatic carbocycles. The summed E-state index contributed by atoms with van der Waals surface area (Å²) >= 11 is 0. The van der Waals surface area contributed by atoms with Gasteiger partial charge in [0.25, 0.3) is 0 Å². The van der Waals surface area contributed by atoms with Crippen LogP contribution in [-0.4, -0.2) is 20.4 Å². The standard InChI is InChI=1S/C17H20N2O4S/c1-3-13(2)19-24(21,22)16-9-6-14(7-10-16)18-17(20)11-8-15-5-4-12-23-15/h4-13,19H,3H2,1-2H3,(H,18,20)/b11-8+/t13-/m0/s1. The number of carbonyl (C=O) groups is 1. The van der Waals surface area contributed by atoms with Crippen molar-refractivity contribution < 1.29 is 17.6 Å². The van der Waals surface area contributed by atoms with Crippen molar-refractivity contribution in [3.05, 3.63) is 54.5 Å². The third-order valence-corrected chi connectivity index (χ3v) is 4.95. The van der Waals surface area contributed by atoms with E-state index in [0.29, 0.717) is 17.9 Å². The summed E-state index contributed by atoms with van der Waals surface area (Å²) in [4.78, 5) is 12.0. The molecule has 0 unspecified atom stereocenters. The number of amides is 1. The van der Waals surface area contributed by atoms with Crippen molar-refractivity contribution in [2.75, 3.05) is 5.32 Å². The molecule has 0 spiro atoms. The van der Waals surface area contributed by atoms with Crippen LogP contribution in [0.4, 0.5) is 5.69 Å². The lowest BCUT2D eigenvalue weighted by molar-refractivity contribution is -0.111. The van der Waals surface area contributed by atoms with E-state index >= 15 is 0 Å². The summed E-state index contributed by atoms with van der Waals surface area (Å²) in [6, 6.07) is 9.32. The molecule has 0 aliphatic heterocycles. The zero-order valence-corrected chi connectivity index (χ0v) is 14.3. The number of sulfonamides is 1. The van der Waals surface area contributed by atoms with Crippen LogP contribution in [0.1, 0.15) is 26.0 Å². The maximum atomic E-state index is 12.1. The number of rotatable bonds is 7. The Morgan fingerprint density at radius 2 is 1.96 bits per heavy atom. The van der Waals surface area contributed by atoms with Crippen molar-refractivity contribution >= 4 is 27.7 Å². The van der Waals surface area contributed by atoms with Gasteiger partial charge in [-0.1, -0.05) is 6.92 Å². The second kappa shape index (κ2) is 7.94. The van der Waals surface area contributed by atoms with Gasteiger partial charge >= 0.3 is 0 Å². The lowest BCUT2D eigenvalue weighted by Gasteiger charge is -2.12. The van der Waals surface area contributed by atoms with E-state index in [4.69, 9.17) is 4.42 Å². The van der Waals surface area contributed by atoms with Crippen LogP contribution in [0.2, 0.25) is 0 Å². The van der Waals surface area contributed by atoms with E-state index in [-0.39, 0.29) is 16.8 Å². The Kier molecular flexibility index (Phi) is 5.94. The zero-order chi connectivity index (χ0) is 17.6. The first kappa shape index (κ1) is 18.0. The van der Waals surface area contributed by atoms with Crippen molar-refractivity contribution in [2.24, 2.45) is 0 Å². The van der Waals surface area contributed by atoms with Gasteiger partial charge in [-0.25, -0.2) is 13.1 Å². The van der Waals surface area contributed by atoms with Gasteiger partial charge in [-0.05, 0) is 55.8 Å². The molecule has 24 heavy (non-hydrogen) atoms. The maximum Gasteiger partial charge on any atom is 0.248 e. The SMILES string of the molecule is CC[C@H](C)NS(=O)(=O)c1ccc(NC(=O)/C=C/c2ccco2)cc1. The molecule has 0 bridgehead atoms. The van der Waals surface area contributed by atoms with Crippen LogP contribution in [0.3, 0.4) is 0 Å². The summed E-state index contributed by atoms with van der Waals surface area (Å²) < 4.78 is 32.0. The molecule has 128 valence electrons. The highest BCUT2D eigenvalue weighted by Crippen LogP contribution is 2.15. The molecule has 2 N–H and O–H groups in total. The average Bonchev–Trinajstić information content (AvgIpc) is 3.06. The Morgan fingerprint density at radius 1 is 1.25 bits per heavy atom. The van der Waals surface area contributed by atoms with Gasteiger partial charge in [0, 0.05) is 17.8 Å². The molecule has 0 fully saturated rings. The molecule has 2 rings (SSSR count). The van der Waals surface area contributed by atoms with Crippen molar-refractivity contribution in [3.63, 3.8) is 0 Å². The number of carbonyl (C=O) groups excluding carboxylic acids is 1. The molecule has 0 radical (unpaired) electrons. The largest absolute Gasteiger partial charge is 0.465 e. The quantitative estimate of drug-likeness (QED) is 0.753. The highest BCUT2D eigenvalue weighted by atomic mass is 32.2. The van der Waals surface area contributed by atoms with E-state index in [1.165, 1.54) is 24.5 Å². The molecule has 1 atom stereocenters.